The van der Waals surface area contributed by atoms with E-state index >= 15 is 0 Å². The monoisotopic (exact) mass is 196 g/mol. The molecule has 80 valence electrons. The molecule has 0 saturated heterocycles. The van der Waals surface area contributed by atoms with Gasteiger partial charge in [-0.25, -0.2) is 0 Å². The molecule has 1 unspecified atom stereocenters. The molecule has 1 aromatic heterocycles. The first-order valence-corrected chi connectivity index (χ1v) is 5.44. The second kappa shape index (κ2) is 4.49. The summed E-state index contributed by atoms with van der Waals surface area (Å²) < 4.78 is 1.90. The van der Waals surface area contributed by atoms with E-state index in [2.05, 4.69) is 18.9 Å². The van der Waals surface area contributed by atoms with Crippen LogP contribution in [0, 0.1) is 0 Å². The van der Waals surface area contributed by atoms with Crippen LogP contribution in [0.15, 0.2) is 0 Å². The van der Waals surface area contributed by atoms with Gasteiger partial charge < -0.3 is 5.11 Å². The lowest BCUT2D eigenvalue weighted by Crippen LogP contribution is -2.02. The van der Waals surface area contributed by atoms with Crippen molar-refractivity contribution in [2.45, 2.75) is 53.0 Å². The SMILES string of the molecule is CCc1c(O)c(C(C)CC)nn1CC. The third-order valence-corrected chi connectivity index (χ3v) is 2.77. The normalized spacial score (nSPS) is 13.1. The lowest BCUT2D eigenvalue weighted by molar-refractivity contribution is 0.454. The number of nitrogens with zero attached hydrogens (tertiary/aromatic N) is 2. The molecule has 0 radical (unpaired) electrons. The highest BCUT2D eigenvalue weighted by Crippen LogP contribution is 2.30. The molecule has 0 spiro atoms. The van der Waals surface area contributed by atoms with Gasteiger partial charge in [0.1, 0.15) is 5.69 Å². The number of aromatic nitrogens is 2. The number of rotatable bonds is 4. The lowest BCUT2D eigenvalue weighted by Gasteiger charge is -2.03. The molecular formula is C11H20N2O. The van der Waals surface area contributed by atoms with Crippen LogP contribution in [0.4, 0.5) is 0 Å². The molecule has 1 N–H and O–H groups in total. The minimum absolute atomic E-state index is 0.341. The summed E-state index contributed by atoms with van der Waals surface area (Å²) in [5, 5.41) is 14.4. The first-order chi connectivity index (χ1) is 6.65. The summed E-state index contributed by atoms with van der Waals surface area (Å²) >= 11 is 0. The van der Waals surface area contributed by atoms with Crippen molar-refractivity contribution >= 4 is 0 Å². The molecule has 0 amide bonds. The van der Waals surface area contributed by atoms with Gasteiger partial charge in [-0.1, -0.05) is 20.8 Å². The summed E-state index contributed by atoms with van der Waals surface area (Å²) in [5.74, 6) is 0.747. The van der Waals surface area contributed by atoms with E-state index in [1.54, 1.807) is 0 Å². The number of aromatic hydroxyl groups is 1. The predicted molar refractivity (Wildman–Crippen MR) is 57.6 cm³/mol. The van der Waals surface area contributed by atoms with Crippen LogP contribution in [-0.4, -0.2) is 14.9 Å². The Morgan fingerprint density at radius 3 is 2.36 bits per heavy atom. The van der Waals surface area contributed by atoms with Crippen LogP contribution >= 0.6 is 0 Å². The molecule has 0 aliphatic rings. The molecule has 1 rings (SSSR count). The summed E-state index contributed by atoms with van der Waals surface area (Å²) in [6, 6.07) is 0. The first kappa shape index (κ1) is 11.1. The van der Waals surface area contributed by atoms with Gasteiger partial charge in [-0.2, -0.15) is 5.10 Å². The van der Waals surface area contributed by atoms with Gasteiger partial charge in [0.25, 0.3) is 0 Å². The standard InChI is InChI=1S/C11H20N2O/c1-5-8(4)10-11(14)9(6-2)13(7-3)12-10/h8,14H,5-7H2,1-4H3. The van der Waals surface area contributed by atoms with Crippen molar-refractivity contribution in [2.24, 2.45) is 0 Å². The molecule has 0 fully saturated rings. The number of hydrogen-bond acceptors (Lipinski definition) is 2. The second-order valence-electron chi connectivity index (χ2n) is 3.66. The Kier molecular flexibility index (Phi) is 3.55. The third kappa shape index (κ3) is 1.76. The maximum absolute atomic E-state index is 9.96. The minimum Gasteiger partial charge on any atom is -0.504 e. The molecule has 0 aromatic carbocycles. The lowest BCUT2D eigenvalue weighted by atomic mass is 10.0. The highest BCUT2D eigenvalue weighted by Gasteiger charge is 2.18. The highest BCUT2D eigenvalue weighted by molar-refractivity contribution is 5.34. The van der Waals surface area contributed by atoms with Crippen LogP contribution in [0.3, 0.4) is 0 Å². The molecule has 0 saturated carbocycles. The van der Waals surface area contributed by atoms with E-state index in [4.69, 9.17) is 0 Å². The van der Waals surface area contributed by atoms with Crippen molar-refractivity contribution in [2.75, 3.05) is 0 Å². The smallest absolute Gasteiger partial charge is 0.160 e. The summed E-state index contributed by atoms with van der Waals surface area (Å²) in [4.78, 5) is 0. The Morgan fingerprint density at radius 1 is 1.36 bits per heavy atom. The number of hydrogen-bond donors (Lipinski definition) is 1. The average Bonchev–Trinajstić information content (AvgIpc) is 2.53. The van der Waals surface area contributed by atoms with Gasteiger partial charge in [-0.15, -0.1) is 0 Å². The fraction of sp³-hybridized carbons (Fsp3) is 0.727. The van der Waals surface area contributed by atoms with Crippen molar-refractivity contribution in [3.05, 3.63) is 11.4 Å². The molecule has 3 nitrogen and oxygen atoms in total. The largest absolute Gasteiger partial charge is 0.504 e. The molecular weight excluding hydrogens is 176 g/mol. The maximum atomic E-state index is 9.96. The van der Waals surface area contributed by atoms with Crippen molar-refractivity contribution in [1.29, 1.82) is 0 Å². The summed E-state index contributed by atoms with van der Waals surface area (Å²) in [7, 11) is 0. The van der Waals surface area contributed by atoms with Crippen LogP contribution in [0.5, 0.6) is 5.75 Å². The Morgan fingerprint density at radius 2 is 2.00 bits per heavy atom. The molecule has 0 aliphatic carbocycles. The van der Waals surface area contributed by atoms with E-state index in [0.717, 1.165) is 30.8 Å². The van der Waals surface area contributed by atoms with Crippen LogP contribution in [0.2, 0.25) is 0 Å². The zero-order valence-electron chi connectivity index (χ0n) is 9.54. The second-order valence-corrected chi connectivity index (χ2v) is 3.66. The Balaban J connectivity index is 3.13. The first-order valence-electron chi connectivity index (χ1n) is 5.44. The Bertz CT molecular complexity index is 304. The van der Waals surface area contributed by atoms with Crippen molar-refractivity contribution < 1.29 is 5.11 Å². The molecule has 3 heteroatoms. The van der Waals surface area contributed by atoms with Gasteiger partial charge in [0.2, 0.25) is 0 Å². The van der Waals surface area contributed by atoms with E-state index < -0.39 is 0 Å². The Hall–Kier alpha value is -0.990. The van der Waals surface area contributed by atoms with E-state index in [1.165, 1.54) is 0 Å². The maximum Gasteiger partial charge on any atom is 0.160 e. The topological polar surface area (TPSA) is 38.1 Å². The minimum atomic E-state index is 0.341. The van der Waals surface area contributed by atoms with E-state index in [0.29, 0.717) is 11.7 Å². The van der Waals surface area contributed by atoms with Crippen LogP contribution in [-0.2, 0) is 13.0 Å². The van der Waals surface area contributed by atoms with Crippen LogP contribution in [0.1, 0.15) is 51.4 Å². The fourth-order valence-corrected chi connectivity index (χ4v) is 1.64. The average molecular weight is 196 g/mol. The molecule has 14 heavy (non-hydrogen) atoms. The van der Waals surface area contributed by atoms with Gasteiger partial charge in [0, 0.05) is 12.5 Å². The van der Waals surface area contributed by atoms with Gasteiger partial charge in [-0.3, -0.25) is 4.68 Å². The fourth-order valence-electron chi connectivity index (χ4n) is 1.64. The number of aryl methyl sites for hydroxylation is 1. The van der Waals surface area contributed by atoms with E-state index in [1.807, 2.05) is 18.5 Å². The van der Waals surface area contributed by atoms with Crippen molar-refractivity contribution in [3.8, 4) is 5.75 Å². The van der Waals surface area contributed by atoms with Gasteiger partial charge in [0.05, 0.1) is 5.69 Å². The van der Waals surface area contributed by atoms with Gasteiger partial charge in [0.15, 0.2) is 5.75 Å². The van der Waals surface area contributed by atoms with Crippen LogP contribution in [0.25, 0.3) is 0 Å². The zero-order chi connectivity index (χ0) is 10.7. The zero-order valence-corrected chi connectivity index (χ0v) is 9.54. The van der Waals surface area contributed by atoms with Crippen LogP contribution < -0.4 is 0 Å². The molecule has 1 aromatic rings. The van der Waals surface area contributed by atoms with E-state index in [-0.39, 0.29) is 0 Å². The highest BCUT2D eigenvalue weighted by atomic mass is 16.3. The molecule has 0 aliphatic heterocycles. The van der Waals surface area contributed by atoms with Crippen molar-refractivity contribution in [1.82, 2.24) is 9.78 Å². The molecule has 1 atom stereocenters. The van der Waals surface area contributed by atoms with Gasteiger partial charge >= 0.3 is 0 Å². The van der Waals surface area contributed by atoms with E-state index in [9.17, 15) is 5.11 Å². The molecule has 0 bridgehead atoms. The van der Waals surface area contributed by atoms with Gasteiger partial charge in [-0.05, 0) is 19.8 Å². The quantitative estimate of drug-likeness (QED) is 0.804. The molecule has 1 heterocycles. The Labute approximate surface area is 85.8 Å². The summed E-state index contributed by atoms with van der Waals surface area (Å²) in [5.41, 5.74) is 1.81. The summed E-state index contributed by atoms with van der Waals surface area (Å²) in [6.45, 7) is 9.13. The third-order valence-electron chi connectivity index (χ3n) is 2.77. The summed E-state index contributed by atoms with van der Waals surface area (Å²) in [6.07, 6.45) is 1.85. The predicted octanol–water partition coefficient (Wildman–Crippen LogP) is 2.68. The van der Waals surface area contributed by atoms with Crippen molar-refractivity contribution in [3.63, 3.8) is 0 Å².